The molecule has 1 amide bonds. The Labute approximate surface area is 166 Å². The Bertz CT molecular complexity index is 655. The first kappa shape index (κ1) is 20.6. The lowest BCUT2D eigenvalue weighted by atomic mass is 10.1. The van der Waals surface area contributed by atoms with Crippen LogP contribution in [0.25, 0.3) is 0 Å². The van der Waals surface area contributed by atoms with E-state index in [9.17, 15) is 4.79 Å². The lowest BCUT2D eigenvalue weighted by Crippen LogP contribution is -2.50. The number of likely N-dealkylation sites (tertiary alicyclic amines) is 1. The molecule has 0 bridgehead atoms. The van der Waals surface area contributed by atoms with E-state index in [1.807, 2.05) is 6.07 Å². The number of hydrogen-bond acceptors (Lipinski definition) is 5. The number of methoxy groups -OCH3 is 1. The van der Waals surface area contributed by atoms with E-state index in [0.29, 0.717) is 19.2 Å². The van der Waals surface area contributed by atoms with Crippen molar-refractivity contribution >= 4 is 11.9 Å². The van der Waals surface area contributed by atoms with Crippen LogP contribution in [0, 0.1) is 0 Å². The van der Waals surface area contributed by atoms with Crippen LogP contribution in [0.4, 0.5) is 0 Å². The average molecular weight is 390 g/mol. The molecule has 0 radical (unpaired) electrons. The fourth-order valence-corrected chi connectivity index (χ4v) is 3.79. The lowest BCUT2D eigenvalue weighted by Gasteiger charge is -2.36. The van der Waals surface area contributed by atoms with E-state index in [1.165, 1.54) is 5.56 Å². The van der Waals surface area contributed by atoms with Gasteiger partial charge in [0.25, 0.3) is 0 Å². The van der Waals surface area contributed by atoms with Gasteiger partial charge in [-0.1, -0.05) is 30.3 Å². The molecule has 0 spiro atoms. The van der Waals surface area contributed by atoms with Crippen molar-refractivity contribution in [2.45, 2.75) is 18.7 Å². The number of amides is 1. The number of nitrogens with one attached hydrogen (secondary N) is 2. The number of carbonyl (C=O) groups excluding carboxylic acids is 1. The number of aliphatic imine (C=N–C) groups is 1. The standard InChI is InChI=1S/C20H31N5O3/c1-21-20(23-12-19(26)22-8-10-27-2)25-14-17-18(15-25)28-11-9-24(17)13-16-6-4-3-5-7-16/h3-7,17-18H,8-15H2,1-2H3,(H,21,23)(H,22,26). The molecule has 1 aromatic carbocycles. The van der Waals surface area contributed by atoms with E-state index >= 15 is 0 Å². The zero-order chi connectivity index (χ0) is 19.8. The van der Waals surface area contributed by atoms with Crippen LogP contribution >= 0.6 is 0 Å². The minimum atomic E-state index is -0.0724. The Morgan fingerprint density at radius 1 is 1.29 bits per heavy atom. The van der Waals surface area contributed by atoms with Crippen molar-refractivity contribution in [3.63, 3.8) is 0 Å². The second kappa shape index (κ2) is 10.4. The van der Waals surface area contributed by atoms with Gasteiger partial charge in [-0.15, -0.1) is 0 Å². The molecular weight excluding hydrogens is 358 g/mol. The van der Waals surface area contributed by atoms with Crippen LogP contribution in [-0.2, 0) is 20.8 Å². The summed E-state index contributed by atoms with van der Waals surface area (Å²) in [6, 6.07) is 10.9. The van der Waals surface area contributed by atoms with Crippen molar-refractivity contribution in [2.75, 3.05) is 60.1 Å². The predicted molar refractivity (Wildman–Crippen MR) is 108 cm³/mol. The summed E-state index contributed by atoms with van der Waals surface area (Å²) in [5.74, 6) is 0.663. The van der Waals surface area contributed by atoms with E-state index in [2.05, 4.69) is 49.7 Å². The molecule has 2 atom stereocenters. The SMILES string of the molecule is CN=C(NCC(=O)NCCOC)N1CC2OCCN(Cc3ccccc3)C2C1. The summed E-state index contributed by atoms with van der Waals surface area (Å²) in [5, 5.41) is 5.97. The van der Waals surface area contributed by atoms with Crippen LogP contribution in [0.1, 0.15) is 5.56 Å². The summed E-state index contributed by atoms with van der Waals surface area (Å²) >= 11 is 0. The van der Waals surface area contributed by atoms with Crippen molar-refractivity contribution in [1.82, 2.24) is 20.4 Å². The van der Waals surface area contributed by atoms with E-state index in [-0.39, 0.29) is 18.6 Å². The number of ether oxygens (including phenoxy) is 2. The summed E-state index contributed by atoms with van der Waals surface area (Å²) in [4.78, 5) is 21.0. The Kier molecular flexibility index (Phi) is 7.64. The zero-order valence-corrected chi connectivity index (χ0v) is 16.8. The number of carbonyl (C=O) groups is 1. The van der Waals surface area contributed by atoms with Crippen molar-refractivity contribution in [3.05, 3.63) is 35.9 Å². The summed E-state index contributed by atoms with van der Waals surface area (Å²) in [6.07, 6.45) is 0.159. The van der Waals surface area contributed by atoms with Crippen molar-refractivity contribution in [3.8, 4) is 0 Å². The van der Waals surface area contributed by atoms with Crippen molar-refractivity contribution in [1.29, 1.82) is 0 Å². The van der Waals surface area contributed by atoms with Gasteiger partial charge in [0.2, 0.25) is 5.91 Å². The maximum atomic E-state index is 11.9. The van der Waals surface area contributed by atoms with Gasteiger partial charge in [0.1, 0.15) is 0 Å². The fourth-order valence-electron chi connectivity index (χ4n) is 3.79. The first-order valence-corrected chi connectivity index (χ1v) is 9.82. The quantitative estimate of drug-likeness (QED) is 0.386. The fraction of sp³-hybridized carbons (Fsp3) is 0.600. The Hall–Kier alpha value is -2.16. The lowest BCUT2D eigenvalue weighted by molar-refractivity contribution is -0.120. The molecule has 2 fully saturated rings. The number of benzene rings is 1. The van der Waals surface area contributed by atoms with Gasteiger partial charge >= 0.3 is 0 Å². The van der Waals surface area contributed by atoms with Gasteiger partial charge in [-0.3, -0.25) is 14.7 Å². The number of fused-ring (bicyclic) bond motifs is 1. The van der Waals surface area contributed by atoms with Crippen LogP contribution in [0.2, 0.25) is 0 Å². The molecular formula is C20H31N5O3. The van der Waals surface area contributed by atoms with Gasteiger partial charge in [0.05, 0.1) is 31.9 Å². The van der Waals surface area contributed by atoms with E-state index < -0.39 is 0 Å². The van der Waals surface area contributed by atoms with E-state index in [0.717, 1.165) is 38.7 Å². The molecule has 0 aliphatic carbocycles. The molecule has 0 saturated carbocycles. The molecule has 2 saturated heterocycles. The van der Waals surface area contributed by atoms with Crippen LogP contribution in [0.15, 0.2) is 35.3 Å². The minimum absolute atomic E-state index is 0.0724. The number of nitrogens with zero attached hydrogens (tertiary/aromatic N) is 3. The second-order valence-corrected chi connectivity index (χ2v) is 7.08. The van der Waals surface area contributed by atoms with Crippen LogP contribution in [0.3, 0.4) is 0 Å². The van der Waals surface area contributed by atoms with Gasteiger partial charge in [0, 0.05) is 46.9 Å². The Morgan fingerprint density at radius 2 is 2.11 bits per heavy atom. The third-order valence-electron chi connectivity index (χ3n) is 5.19. The highest BCUT2D eigenvalue weighted by Gasteiger charge is 2.41. The summed E-state index contributed by atoms with van der Waals surface area (Å²) in [6.45, 7) is 5.41. The predicted octanol–water partition coefficient (Wildman–Crippen LogP) is -0.0904. The summed E-state index contributed by atoms with van der Waals surface area (Å²) < 4.78 is 11.0. The number of hydrogen-bond donors (Lipinski definition) is 2. The molecule has 2 N–H and O–H groups in total. The number of guanidine groups is 1. The van der Waals surface area contributed by atoms with Crippen LogP contribution in [0.5, 0.6) is 0 Å². The smallest absolute Gasteiger partial charge is 0.239 e. The van der Waals surface area contributed by atoms with Gasteiger partial charge < -0.3 is 25.0 Å². The monoisotopic (exact) mass is 389 g/mol. The van der Waals surface area contributed by atoms with E-state index in [1.54, 1.807) is 14.2 Å². The Balaban J connectivity index is 1.53. The van der Waals surface area contributed by atoms with Crippen molar-refractivity contribution < 1.29 is 14.3 Å². The highest BCUT2D eigenvalue weighted by molar-refractivity contribution is 5.86. The molecule has 1 aromatic rings. The maximum Gasteiger partial charge on any atom is 0.239 e. The summed E-state index contributed by atoms with van der Waals surface area (Å²) in [7, 11) is 3.36. The molecule has 28 heavy (non-hydrogen) atoms. The van der Waals surface area contributed by atoms with Crippen LogP contribution < -0.4 is 10.6 Å². The zero-order valence-electron chi connectivity index (χ0n) is 16.8. The second-order valence-electron chi connectivity index (χ2n) is 7.08. The largest absolute Gasteiger partial charge is 0.383 e. The molecule has 8 heteroatoms. The third kappa shape index (κ3) is 5.43. The van der Waals surface area contributed by atoms with Crippen LogP contribution in [-0.4, -0.2) is 93.9 Å². The molecule has 2 aliphatic heterocycles. The third-order valence-corrected chi connectivity index (χ3v) is 5.19. The first-order valence-electron chi connectivity index (χ1n) is 9.82. The average Bonchev–Trinajstić information content (AvgIpc) is 3.15. The first-order chi connectivity index (χ1) is 13.7. The Morgan fingerprint density at radius 3 is 2.86 bits per heavy atom. The van der Waals surface area contributed by atoms with Gasteiger partial charge in [-0.2, -0.15) is 0 Å². The topological polar surface area (TPSA) is 78.4 Å². The van der Waals surface area contributed by atoms with E-state index in [4.69, 9.17) is 9.47 Å². The minimum Gasteiger partial charge on any atom is -0.383 e. The van der Waals surface area contributed by atoms with Gasteiger partial charge in [0.15, 0.2) is 5.96 Å². The molecule has 154 valence electrons. The maximum absolute atomic E-state index is 11.9. The normalized spacial score (nSPS) is 22.8. The van der Waals surface area contributed by atoms with Gasteiger partial charge in [-0.05, 0) is 5.56 Å². The molecule has 2 aliphatic rings. The number of rotatable bonds is 7. The molecule has 0 aromatic heterocycles. The molecule has 2 heterocycles. The highest BCUT2D eigenvalue weighted by Crippen LogP contribution is 2.24. The molecule has 3 rings (SSSR count). The number of morpholine rings is 1. The molecule has 8 nitrogen and oxygen atoms in total. The molecule has 2 unspecified atom stereocenters. The highest BCUT2D eigenvalue weighted by atomic mass is 16.5. The summed E-state index contributed by atoms with van der Waals surface area (Å²) in [5.41, 5.74) is 1.32. The van der Waals surface area contributed by atoms with Gasteiger partial charge in [-0.25, -0.2) is 0 Å². The van der Waals surface area contributed by atoms with Crippen molar-refractivity contribution in [2.24, 2.45) is 4.99 Å².